The molecule has 3 N–H and O–H groups in total. The number of ether oxygens (including phenoxy) is 4. The normalized spacial score (nSPS) is 20.6. The number of aliphatic hydroxyl groups excluding tert-OH is 1. The monoisotopic (exact) mass is 699 g/mol. The van der Waals surface area contributed by atoms with Crippen molar-refractivity contribution in [2.75, 3.05) is 38.2 Å². The molecule has 4 atom stereocenters. The Hall–Kier alpha value is -5.03. The summed E-state index contributed by atoms with van der Waals surface area (Å²) in [5.74, 6) is 1.55. The van der Waals surface area contributed by atoms with Crippen molar-refractivity contribution < 1.29 is 28.8 Å². The number of benzene rings is 5. The molecule has 0 unspecified atom stereocenters. The molecule has 0 aliphatic carbocycles. The van der Waals surface area contributed by atoms with Crippen LogP contribution in [0.25, 0.3) is 11.1 Å². The molecule has 5 aromatic rings. The molecule has 268 valence electrons. The first-order chi connectivity index (χ1) is 25.5. The molecule has 0 saturated carbocycles. The van der Waals surface area contributed by atoms with Crippen LogP contribution in [0.5, 0.6) is 11.5 Å². The molecule has 0 bridgehead atoms. The van der Waals surface area contributed by atoms with E-state index in [-0.39, 0.29) is 30.8 Å². The predicted molar refractivity (Wildman–Crippen MR) is 201 cm³/mol. The van der Waals surface area contributed by atoms with Gasteiger partial charge in [-0.05, 0) is 76.3 Å². The Balaban J connectivity index is 1.01. The Bertz CT molecular complexity index is 1900. The van der Waals surface area contributed by atoms with Crippen LogP contribution in [0.15, 0.2) is 127 Å². The van der Waals surface area contributed by atoms with Crippen molar-refractivity contribution in [1.82, 2.24) is 10.2 Å². The minimum absolute atomic E-state index is 0.00445. The van der Waals surface area contributed by atoms with Crippen LogP contribution in [-0.2, 0) is 27.4 Å². The molecule has 2 saturated heterocycles. The van der Waals surface area contributed by atoms with Gasteiger partial charge in [0, 0.05) is 43.3 Å². The maximum absolute atomic E-state index is 12.8. The van der Waals surface area contributed by atoms with Crippen LogP contribution in [0.3, 0.4) is 0 Å². The molecular weight excluding hydrogens is 654 g/mol. The summed E-state index contributed by atoms with van der Waals surface area (Å²) in [6.45, 7) is 6.58. The van der Waals surface area contributed by atoms with Gasteiger partial charge in [0.05, 0.1) is 32.0 Å². The van der Waals surface area contributed by atoms with Gasteiger partial charge in [-0.1, -0.05) is 85.8 Å². The van der Waals surface area contributed by atoms with Gasteiger partial charge in [-0.25, -0.2) is 4.79 Å². The lowest BCUT2D eigenvalue weighted by Crippen LogP contribution is -2.47. The third-order valence-electron chi connectivity index (χ3n) is 9.63. The standard InChI is InChI=1S/C43H45N3O6/c1-30-40(28-46-21-23-49-24-22-46)51-42(52-41(30)33-15-13-31(29-47)14-16-33)36-10-6-9-35(26-36)34-8-5-7-32(25-34)27-44-43(48)45-37-17-19-39(20-18-37)50-38-11-3-2-4-12-38/h2-20,25-26,30,40-42,47H,21-24,27-29H2,1H3,(H2,44,45,48)/t30-,40+,41+,42+/m1/s1. The van der Waals surface area contributed by atoms with Crippen molar-refractivity contribution >= 4 is 11.7 Å². The Morgan fingerprint density at radius 3 is 2.23 bits per heavy atom. The number of rotatable bonds is 11. The number of hydrogen-bond acceptors (Lipinski definition) is 7. The summed E-state index contributed by atoms with van der Waals surface area (Å²) in [5, 5.41) is 15.5. The minimum Gasteiger partial charge on any atom is -0.457 e. The molecule has 52 heavy (non-hydrogen) atoms. The number of anilines is 1. The van der Waals surface area contributed by atoms with Crippen molar-refractivity contribution in [3.63, 3.8) is 0 Å². The van der Waals surface area contributed by atoms with E-state index in [0.29, 0.717) is 18.0 Å². The van der Waals surface area contributed by atoms with Crippen LogP contribution in [0.4, 0.5) is 10.5 Å². The molecule has 7 rings (SSSR count). The molecule has 0 aromatic heterocycles. The first-order valence-corrected chi connectivity index (χ1v) is 17.9. The highest BCUT2D eigenvalue weighted by Gasteiger charge is 2.39. The van der Waals surface area contributed by atoms with E-state index in [1.807, 2.05) is 84.9 Å². The van der Waals surface area contributed by atoms with E-state index >= 15 is 0 Å². The highest BCUT2D eigenvalue weighted by atomic mass is 16.7. The Kier molecular flexibility index (Phi) is 11.6. The second kappa shape index (κ2) is 17.0. The summed E-state index contributed by atoms with van der Waals surface area (Å²) in [4.78, 5) is 15.2. The fraction of sp³-hybridized carbons (Fsp3) is 0.279. The Morgan fingerprint density at radius 1 is 0.769 bits per heavy atom. The molecule has 9 heteroatoms. The lowest BCUT2D eigenvalue weighted by atomic mass is 9.89. The van der Waals surface area contributed by atoms with Gasteiger partial charge in [-0.15, -0.1) is 0 Å². The second-order valence-corrected chi connectivity index (χ2v) is 13.3. The van der Waals surface area contributed by atoms with Crippen molar-refractivity contribution in [1.29, 1.82) is 0 Å². The van der Waals surface area contributed by atoms with Gasteiger partial charge < -0.3 is 34.7 Å². The number of carbonyl (C=O) groups is 1. The van der Waals surface area contributed by atoms with E-state index < -0.39 is 6.29 Å². The fourth-order valence-electron chi connectivity index (χ4n) is 6.68. The first-order valence-electron chi connectivity index (χ1n) is 17.9. The van der Waals surface area contributed by atoms with Gasteiger partial charge in [-0.3, -0.25) is 4.90 Å². The third-order valence-corrected chi connectivity index (χ3v) is 9.63. The number of urea groups is 1. The summed E-state index contributed by atoms with van der Waals surface area (Å²) < 4.78 is 24.9. The lowest BCUT2D eigenvalue weighted by molar-refractivity contribution is -0.277. The van der Waals surface area contributed by atoms with Crippen LogP contribution >= 0.6 is 0 Å². The average Bonchev–Trinajstić information content (AvgIpc) is 3.20. The van der Waals surface area contributed by atoms with Crippen LogP contribution in [-0.4, -0.2) is 55.0 Å². The highest BCUT2D eigenvalue weighted by molar-refractivity contribution is 5.89. The molecule has 2 aliphatic rings. The summed E-state index contributed by atoms with van der Waals surface area (Å²) in [7, 11) is 0. The number of hydrogen-bond donors (Lipinski definition) is 3. The number of aliphatic hydroxyl groups is 1. The average molecular weight is 700 g/mol. The predicted octanol–water partition coefficient (Wildman–Crippen LogP) is 8.08. The number of nitrogens with one attached hydrogen (secondary N) is 2. The summed E-state index contributed by atoms with van der Waals surface area (Å²) in [6, 6.07) is 41.0. The van der Waals surface area contributed by atoms with E-state index in [4.69, 9.17) is 18.9 Å². The van der Waals surface area contributed by atoms with Gasteiger partial charge in [0.1, 0.15) is 11.5 Å². The number of amides is 2. The van der Waals surface area contributed by atoms with E-state index in [0.717, 1.165) is 72.0 Å². The summed E-state index contributed by atoms with van der Waals surface area (Å²) >= 11 is 0. The number of morpholine rings is 1. The molecular formula is C43H45N3O6. The number of para-hydroxylation sites is 1. The molecule has 2 aliphatic heterocycles. The van der Waals surface area contributed by atoms with Crippen LogP contribution < -0.4 is 15.4 Å². The quantitative estimate of drug-likeness (QED) is 0.128. The topological polar surface area (TPSA) is 102 Å². The maximum Gasteiger partial charge on any atom is 0.319 e. The van der Waals surface area contributed by atoms with Gasteiger partial charge in [-0.2, -0.15) is 0 Å². The zero-order valence-electron chi connectivity index (χ0n) is 29.3. The van der Waals surface area contributed by atoms with Gasteiger partial charge >= 0.3 is 6.03 Å². The minimum atomic E-state index is -0.558. The fourth-order valence-corrected chi connectivity index (χ4v) is 6.68. The summed E-state index contributed by atoms with van der Waals surface area (Å²) in [5.41, 5.74) is 6.58. The smallest absolute Gasteiger partial charge is 0.319 e. The van der Waals surface area contributed by atoms with Crippen molar-refractivity contribution in [3.05, 3.63) is 150 Å². The van der Waals surface area contributed by atoms with Gasteiger partial charge in [0.2, 0.25) is 0 Å². The molecule has 0 radical (unpaired) electrons. The highest BCUT2D eigenvalue weighted by Crippen LogP contribution is 2.42. The van der Waals surface area contributed by atoms with Crippen LogP contribution in [0.1, 0.15) is 41.6 Å². The van der Waals surface area contributed by atoms with Crippen molar-refractivity contribution in [3.8, 4) is 22.6 Å². The van der Waals surface area contributed by atoms with Gasteiger partial charge in [0.15, 0.2) is 6.29 Å². The van der Waals surface area contributed by atoms with Crippen molar-refractivity contribution in [2.24, 2.45) is 5.92 Å². The van der Waals surface area contributed by atoms with E-state index in [9.17, 15) is 9.90 Å². The molecule has 2 heterocycles. The molecule has 0 spiro atoms. The molecule has 5 aromatic carbocycles. The van der Waals surface area contributed by atoms with Gasteiger partial charge in [0.25, 0.3) is 0 Å². The zero-order valence-corrected chi connectivity index (χ0v) is 29.3. The third kappa shape index (κ3) is 9.06. The second-order valence-electron chi connectivity index (χ2n) is 13.3. The lowest BCUT2D eigenvalue weighted by Gasteiger charge is -2.43. The van der Waals surface area contributed by atoms with Crippen molar-refractivity contribution in [2.45, 2.75) is 38.6 Å². The first kappa shape index (κ1) is 35.4. The molecule has 2 amide bonds. The number of carbonyl (C=O) groups excluding carboxylic acids is 1. The maximum atomic E-state index is 12.8. The van der Waals surface area contributed by atoms with E-state index in [1.54, 1.807) is 0 Å². The number of nitrogens with zero attached hydrogens (tertiary/aromatic N) is 1. The van der Waals surface area contributed by atoms with Crippen LogP contribution in [0, 0.1) is 5.92 Å². The van der Waals surface area contributed by atoms with E-state index in [2.05, 4.69) is 64.9 Å². The molecule has 9 nitrogen and oxygen atoms in total. The Labute approximate surface area is 305 Å². The SMILES string of the molecule is C[C@@H]1[C@H](CN2CCOCC2)O[C@H](c2cccc(-c3cccc(CNC(=O)Nc4ccc(Oc5ccccc5)cc4)c3)c2)O[C@@H]1c1ccc(CO)cc1. The zero-order chi connectivity index (χ0) is 35.7. The van der Waals surface area contributed by atoms with E-state index in [1.165, 1.54) is 0 Å². The largest absolute Gasteiger partial charge is 0.457 e. The summed E-state index contributed by atoms with van der Waals surface area (Å²) in [6.07, 6.45) is -0.788. The Morgan fingerprint density at radius 2 is 1.48 bits per heavy atom. The van der Waals surface area contributed by atoms with Crippen LogP contribution in [0.2, 0.25) is 0 Å². The molecule has 2 fully saturated rings.